The average molecular weight is 327 g/mol. The summed E-state index contributed by atoms with van der Waals surface area (Å²) in [5, 5.41) is 6.23. The number of nitrogens with one attached hydrogen (secondary N) is 1. The maximum Gasteiger partial charge on any atom is 0.333 e. The number of amides is 3. The topological polar surface area (TPSA) is 151 Å². The molecule has 3 amide bonds. The van der Waals surface area contributed by atoms with Crippen molar-refractivity contribution in [3.05, 3.63) is 10.4 Å². The summed E-state index contributed by atoms with van der Waals surface area (Å²) in [5.74, 6) is -2.34. The van der Waals surface area contributed by atoms with E-state index in [4.69, 9.17) is 10.3 Å². The Morgan fingerprint density at radius 3 is 2.57 bits per heavy atom. The van der Waals surface area contributed by atoms with Gasteiger partial charge in [0.05, 0.1) is 19.6 Å². The van der Waals surface area contributed by atoms with Crippen molar-refractivity contribution in [3.8, 4) is 0 Å². The first-order valence-corrected chi connectivity index (χ1v) is 6.96. The van der Waals surface area contributed by atoms with E-state index in [2.05, 4.69) is 20.2 Å². The molecule has 23 heavy (non-hydrogen) atoms. The summed E-state index contributed by atoms with van der Waals surface area (Å²) in [7, 11) is 0. The first kappa shape index (κ1) is 18.4. The third kappa shape index (κ3) is 7.25. The van der Waals surface area contributed by atoms with Crippen LogP contribution in [0.3, 0.4) is 0 Å². The Bertz CT molecular complexity index is 500. The molecular weight excluding hydrogens is 310 g/mol. The summed E-state index contributed by atoms with van der Waals surface area (Å²) in [4.78, 5) is 52.6. The van der Waals surface area contributed by atoms with Gasteiger partial charge >= 0.3 is 5.97 Å². The van der Waals surface area contributed by atoms with E-state index in [-0.39, 0.29) is 57.9 Å². The highest BCUT2D eigenvalue weighted by atomic mass is 16.7. The third-order valence-corrected chi connectivity index (χ3v) is 2.72. The molecule has 0 aromatic heterocycles. The normalized spacial score (nSPS) is 13.7. The Morgan fingerprint density at radius 2 is 1.91 bits per heavy atom. The smallest absolute Gasteiger partial charge is 0.333 e. The number of hydrogen-bond donors (Lipinski definition) is 1. The van der Waals surface area contributed by atoms with E-state index in [9.17, 15) is 19.2 Å². The molecule has 0 aromatic rings. The second-order valence-corrected chi connectivity index (χ2v) is 4.46. The maximum absolute atomic E-state index is 11.5. The summed E-state index contributed by atoms with van der Waals surface area (Å²) in [6.07, 6.45) is -0.340. The largest absolute Gasteiger partial charge is 0.379 e. The zero-order chi connectivity index (χ0) is 17.1. The van der Waals surface area contributed by atoms with Gasteiger partial charge in [0.15, 0.2) is 0 Å². The third-order valence-electron chi connectivity index (χ3n) is 2.72. The van der Waals surface area contributed by atoms with Gasteiger partial charge in [-0.3, -0.25) is 14.4 Å². The zero-order valence-electron chi connectivity index (χ0n) is 12.4. The van der Waals surface area contributed by atoms with E-state index >= 15 is 0 Å². The van der Waals surface area contributed by atoms with Crippen LogP contribution >= 0.6 is 0 Å². The first-order chi connectivity index (χ1) is 11.0. The van der Waals surface area contributed by atoms with Gasteiger partial charge in [0.25, 0.3) is 11.8 Å². The van der Waals surface area contributed by atoms with E-state index in [1.54, 1.807) is 0 Å². The van der Waals surface area contributed by atoms with Gasteiger partial charge in [-0.05, 0) is 5.53 Å². The van der Waals surface area contributed by atoms with Crippen molar-refractivity contribution >= 4 is 23.7 Å². The highest BCUT2D eigenvalue weighted by Crippen LogP contribution is 2.12. The predicted octanol–water partition coefficient (Wildman–Crippen LogP) is -0.183. The predicted molar refractivity (Wildman–Crippen MR) is 74.3 cm³/mol. The molecule has 1 N–H and O–H groups in total. The van der Waals surface area contributed by atoms with Crippen molar-refractivity contribution in [2.75, 3.05) is 26.3 Å². The van der Waals surface area contributed by atoms with Crippen LogP contribution in [0.25, 0.3) is 10.4 Å². The molecule has 126 valence electrons. The molecule has 0 saturated carbocycles. The molecule has 1 fully saturated rings. The number of carbonyl (C=O) groups is 4. The molecule has 0 atom stereocenters. The number of hydrogen-bond acceptors (Lipinski definition) is 7. The minimum absolute atomic E-state index is 0.0201. The van der Waals surface area contributed by atoms with Gasteiger partial charge in [-0.1, -0.05) is 5.11 Å². The van der Waals surface area contributed by atoms with Gasteiger partial charge in [-0.2, -0.15) is 0 Å². The van der Waals surface area contributed by atoms with Crippen LogP contribution in [0.4, 0.5) is 0 Å². The molecule has 0 radical (unpaired) electrons. The second-order valence-electron chi connectivity index (χ2n) is 4.46. The van der Waals surface area contributed by atoms with Crippen LogP contribution in [-0.2, 0) is 28.8 Å². The molecule has 1 saturated heterocycles. The zero-order valence-corrected chi connectivity index (χ0v) is 12.4. The quantitative estimate of drug-likeness (QED) is 0.193. The molecule has 0 bridgehead atoms. The number of azide groups is 1. The Hall–Kier alpha value is -2.65. The van der Waals surface area contributed by atoms with Crippen LogP contribution in [0.15, 0.2) is 5.11 Å². The van der Waals surface area contributed by atoms with Gasteiger partial charge < -0.3 is 14.9 Å². The Labute approximate surface area is 131 Å². The van der Waals surface area contributed by atoms with Crippen LogP contribution in [0.5, 0.6) is 0 Å². The molecule has 0 aromatic carbocycles. The molecule has 1 aliphatic heterocycles. The summed E-state index contributed by atoms with van der Waals surface area (Å²) in [6.45, 7) is 0.954. The lowest BCUT2D eigenvalue weighted by molar-refractivity contribution is -0.197. The van der Waals surface area contributed by atoms with Crippen LogP contribution in [0, 0.1) is 0 Å². The van der Waals surface area contributed by atoms with E-state index in [0.717, 1.165) is 0 Å². The Morgan fingerprint density at radius 1 is 1.22 bits per heavy atom. The molecule has 1 aliphatic rings. The number of ether oxygens (including phenoxy) is 1. The molecule has 11 nitrogen and oxygen atoms in total. The number of nitrogens with zero attached hydrogens (tertiary/aromatic N) is 4. The van der Waals surface area contributed by atoms with Crippen molar-refractivity contribution in [2.24, 2.45) is 5.11 Å². The van der Waals surface area contributed by atoms with Crippen molar-refractivity contribution in [3.63, 3.8) is 0 Å². The van der Waals surface area contributed by atoms with E-state index in [1.807, 2.05) is 0 Å². The number of rotatable bonds is 10. The monoisotopic (exact) mass is 327 g/mol. The molecule has 0 unspecified atom stereocenters. The summed E-state index contributed by atoms with van der Waals surface area (Å²) >= 11 is 0. The number of hydroxylamine groups is 2. The van der Waals surface area contributed by atoms with Crippen molar-refractivity contribution in [1.29, 1.82) is 0 Å². The van der Waals surface area contributed by atoms with Crippen molar-refractivity contribution < 1.29 is 28.8 Å². The van der Waals surface area contributed by atoms with Crippen LogP contribution in [0.1, 0.15) is 25.7 Å². The highest BCUT2D eigenvalue weighted by molar-refractivity contribution is 6.01. The van der Waals surface area contributed by atoms with Gasteiger partial charge in [-0.25, -0.2) is 4.79 Å². The SMILES string of the molecule is [N-]=[N+]=NCCOCCNC(=O)CCC(=O)ON1C(=O)CCC1=O. The van der Waals surface area contributed by atoms with Gasteiger partial charge in [0.2, 0.25) is 5.91 Å². The molecule has 0 aliphatic carbocycles. The fourth-order valence-electron chi connectivity index (χ4n) is 1.62. The van der Waals surface area contributed by atoms with Gasteiger partial charge in [0.1, 0.15) is 0 Å². The minimum atomic E-state index is -0.825. The fourth-order valence-corrected chi connectivity index (χ4v) is 1.62. The maximum atomic E-state index is 11.5. The highest BCUT2D eigenvalue weighted by Gasteiger charge is 2.32. The number of carbonyl (C=O) groups excluding carboxylic acids is 4. The standard InChI is InChI=1S/C12H17N5O6/c13-16-15-6-8-22-7-5-14-9(18)1-4-12(21)23-17-10(19)2-3-11(17)20/h1-8H2,(H,14,18). The van der Waals surface area contributed by atoms with Crippen LogP contribution < -0.4 is 5.32 Å². The van der Waals surface area contributed by atoms with E-state index in [1.165, 1.54) is 0 Å². The Kier molecular flexibility index (Phi) is 8.11. The lowest BCUT2D eigenvalue weighted by Gasteiger charge is -2.12. The number of imide groups is 1. The van der Waals surface area contributed by atoms with Crippen molar-refractivity contribution in [2.45, 2.75) is 25.7 Å². The second kappa shape index (κ2) is 10.1. The molecule has 11 heteroatoms. The summed E-state index contributed by atoms with van der Waals surface area (Å²) in [6, 6.07) is 0. The van der Waals surface area contributed by atoms with Gasteiger partial charge in [0, 0.05) is 37.3 Å². The average Bonchev–Trinajstić information content (AvgIpc) is 2.84. The van der Waals surface area contributed by atoms with Gasteiger partial charge in [-0.15, -0.1) is 5.06 Å². The van der Waals surface area contributed by atoms with Crippen LogP contribution in [0.2, 0.25) is 0 Å². The lowest BCUT2D eigenvalue weighted by Crippen LogP contribution is -2.33. The Balaban J connectivity index is 2.08. The first-order valence-electron chi connectivity index (χ1n) is 6.96. The molecule has 0 spiro atoms. The molecule has 1 heterocycles. The summed E-state index contributed by atoms with van der Waals surface area (Å²) < 4.78 is 5.07. The van der Waals surface area contributed by atoms with Crippen LogP contribution in [-0.4, -0.2) is 55.1 Å². The minimum Gasteiger partial charge on any atom is -0.379 e. The summed E-state index contributed by atoms with van der Waals surface area (Å²) in [5.41, 5.74) is 8.03. The van der Waals surface area contributed by atoms with E-state index < -0.39 is 17.8 Å². The lowest BCUT2D eigenvalue weighted by atomic mass is 10.3. The van der Waals surface area contributed by atoms with E-state index in [0.29, 0.717) is 5.06 Å². The molecule has 1 rings (SSSR count). The fraction of sp³-hybridized carbons (Fsp3) is 0.667. The molecular formula is C12H17N5O6. The van der Waals surface area contributed by atoms with Crippen molar-refractivity contribution in [1.82, 2.24) is 10.4 Å².